The van der Waals surface area contributed by atoms with E-state index in [1.165, 1.54) is 0 Å². The quantitative estimate of drug-likeness (QED) is 0.716. The molecule has 0 aromatic heterocycles. The summed E-state index contributed by atoms with van der Waals surface area (Å²) >= 11 is 0. The van der Waals surface area contributed by atoms with E-state index in [1.807, 2.05) is 27.7 Å². The van der Waals surface area contributed by atoms with Crippen LogP contribution < -0.4 is 5.32 Å². The number of nitrogens with one attached hydrogen (secondary N) is 1. The summed E-state index contributed by atoms with van der Waals surface area (Å²) in [4.78, 5) is 14.1. The van der Waals surface area contributed by atoms with Crippen LogP contribution in [-0.2, 0) is 9.53 Å². The Morgan fingerprint density at radius 3 is 2.62 bits per heavy atom. The Balaban J connectivity index is 2.48. The maximum atomic E-state index is 11.9. The van der Waals surface area contributed by atoms with Crippen molar-refractivity contribution in [2.45, 2.75) is 45.8 Å². The molecular weight excluding hydrogens is 204 g/mol. The van der Waals surface area contributed by atoms with Crippen LogP contribution in [-0.4, -0.2) is 48.7 Å². The van der Waals surface area contributed by atoms with Crippen molar-refractivity contribution in [3.63, 3.8) is 0 Å². The van der Waals surface area contributed by atoms with Gasteiger partial charge in [-0.25, -0.2) is 0 Å². The van der Waals surface area contributed by atoms with Crippen molar-refractivity contribution in [2.75, 3.05) is 26.2 Å². The van der Waals surface area contributed by atoms with Gasteiger partial charge in [-0.3, -0.25) is 9.69 Å². The Morgan fingerprint density at radius 1 is 1.31 bits per heavy atom. The van der Waals surface area contributed by atoms with Crippen molar-refractivity contribution in [3.8, 4) is 0 Å². The van der Waals surface area contributed by atoms with E-state index in [9.17, 15) is 4.79 Å². The zero-order valence-electron chi connectivity index (χ0n) is 10.9. The molecule has 4 nitrogen and oxygen atoms in total. The summed E-state index contributed by atoms with van der Waals surface area (Å²) < 4.78 is 5.39. The second-order valence-electron chi connectivity index (χ2n) is 5.35. The van der Waals surface area contributed by atoms with Gasteiger partial charge in [0.2, 0.25) is 0 Å². The van der Waals surface area contributed by atoms with Crippen LogP contribution in [0.25, 0.3) is 0 Å². The fraction of sp³-hybridized carbons (Fsp3) is 0.917. The number of ether oxygens (including phenoxy) is 1. The number of nitrogens with zero attached hydrogens (tertiary/aromatic N) is 1. The maximum absolute atomic E-state index is 11.9. The van der Waals surface area contributed by atoms with Crippen molar-refractivity contribution in [1.82, 2.24) is 10.2 Å². The number of carbonyl (C=O) groups is 1. The topological polar surface area (TPSA) is 41.6 Å². The zero-order valence-corrected chi connectivity index (χ0v) is 10.9. The molecule has 0 spiro atoms. The molecule has 0 radical (unpaired) electrons. The minimum absolute atomic E-state index is 0.116. The third-order valence-electron chi connectivity index (χ3n) is 2.67. The predicted molar refractivity (Wildman–Crippen MR) is 64.4 cm³/mol. The molecule has 1 fully saturated rings. The van der Waals surface area contributed by atoms with E-state index in [0.717, 1.165) is 32.6 Å². The van der Waals surface area contributed by atoms with Crippen LogP contribution in [0.4, 0.5) is 0 Å². The Bertz CT molecular complexity index is 228. The number of hydrogen-bond acceptors (Lipinski definition) is 4. The molecule has 1 atom stereocenters. The van der Waals surface area contributed by atoms with E-state index in [4.69, 9.17) is 4.74 Å². The molecule has 4 heteroatoms. The van der Waals surface area contributed by atoms with Crippen LogP contribution in [0.15, 0.2) is 0 Å². The standard InChI is InChI=1S/C12H24N2O2/c1-10(11(15)16-12(2,3)4)14-8-5-6-13-7-9-14/h10,13H,5-9H2,1-4H3. The van der Waals surface area contributed by atoms with Gasteiger partial charge in [-0.05, 0) is 40.7 Å². The number of rotatable bonds is 2. The minimum Gasteiger partial charge on any atom is -0.459 e. The molecule has 0 aromatic carbocycles. The van der Waals surface area contributed by atoms with Gasteiger partial charge < -0.3 is 10.1 Å². The largest absolute Gasteiger partial charge is 0.459 e. The lowest BCUT2D eigenvalue weighted by Crippen LogP contribution is -2.44. The van der Waals surface area contributed by atoms with Crippen LogP contribution in [0.1, 0.15) is 34.1 Å². The zero-order chi connectivity index (χ0) is 12.2. The minimum atomic E-state index is -0.393. The van der Waals surface area contributed by atoms with Crippen molar-refractivity contribution in [3.05, 3.63) is 0 Å². The normalized spacial score (nSPS) is 21.2. The van der Waals surface area contributed by atoms with Gasteiger partial charge in [0.25, 0.3) is 0 Å². The highest BCUT2D eigenvalue weighted by Crippen LogP contribution is 2.11. The second kappa shape index (κ2) is 5.64. The third-order valence-corrected chi connectivity index (χ3v) is 2.67. The highest BCUT2D eigenvalue weighted by atomic mass is 16.6. The molecule has 0 saturated carbocycles. The van der Waals surface area contributed by atoms with Crippen molar-refractivity contribution in [1.29, 1.82) is 0 Å². The molecule has 1 aliphatic rings. The molecule has 1 rings (SSSR count). The number of hydrogen-bond donors (Lipinski definition) is 1. The maximum Gasteiger partial charge on any atom is 0.323 e. The summed E-state index contributed by atoms with van der Waals surface area (Å²) in [5.41, 5.74) is -0.393. The lowest BCUT2D eigenvalue weighted by atomic mass is 10.2. The Kier molecular flexibility index (Phi) is 4.74. The summed E-state index contributed by atoms with van der Waals surface area (Å²) in [5.74, 6) is -0.116. The molecule has 94 valence electrons. The molecule has 0 aliphatic carbocycles. The lowest BCUT2D eigenvalue weighted by molar-refractivity contribution is -0.160. The Hall–Kier alpha value is -0.610. The van der Waals surface area contributed by atoms with E-state index < -0.39 is 5.60 Å². The van der Waals surface area contributed by atoms with E-state index >= 15 is 0 Å². The summed E-state index contributed by atoms with van der Waals surface area (Å²) in [5, 5.41) is 3.33. The van der Waals surface area contributed by atoms with Gasteiger partial charge in [0.1, 0.15) is 11.6 Å². The molecular formula is C12H24N2O2. The third kappa shape index (κ3) is 4.49. The predicted octanol–water partition coefficient (Wildman–Crippen LogP) is 1.01. The first kappa shape index (κ1) is 13.5. The number of esters is 1. The molecule has 0 aromatic rings. The van der Waals surface area contributed by atoms with Gasteiger partial charge in [0.15, 0.2) is 0 Å². The summed E-state index contributed by atoms with van der Waals surface area (Å²) in [6.07, 6.45) is 1.09. The van der Waals surface area contributed by atoms with Crippen LogP contribution in [0, 0.1) is 0 Å². The Labute approximate surface area is 98.3 Å². The van der Waals surface area contributed by atoms with Crippen LogP contribution in [0.3, 0.4) is 0 Å². The van der Waals surface area contributed by atoms with Gasteiger partial charge in [0.05, 0.1) is 0 Å². The smallest absolute Gasteiger partial charge is 0.323 e. The summed E-state index contributed by atoms with van der Waals surface area (Å²) in [6.45, 7) is 11.5. The van der Waals surface area contributed by atoms with Gasteiger partial charge in [-0.1, -0.05) is 0 Å². The first-order valence-electron chi connectivity index (χ1n) is 6.08. The molecule has 1 aliphatic heterocycles. The van der Waals surface area contributed by atoms with Crippen LogP contribution in [0.2, 0.25) is 0 Å². The van der Waals surface area contributed by atoms with Gasteiger partial charge in [-0.2, -0.15) is 0 Å². The second-order valence-corrected chi connectivity index (χ2v) is 5.35. The number of carbonyl (C=O) groups excluding carboxylic acids is 1. The first-order valence-corrected chi connectivity index (χ1v) is 6.08. The fourth-order valence-electron chi connectivity index (χ4n) is 1.79. The monoisotopic (exact) mass is 228 g/mol. The molecule has 0 amide bonds. The highest BCUT2D eigenvalue weighted by Gasteiger charge is 2.26. The molecule has 1 unspecified atom stereocenters. The van der Waals surface area contributed by atoms with E-state index in [-0.39, 0.29) is 12.0 Å². The molecule has 0 bridgehead atoms. The van der Waals surface area contributed by atoms with Crippen LogP contribution in [0.5, 0.6) is 0 Å². The molecule has 1 heterocycles. The summed E-state index contributed by atoms with van der Waals surface area (Å²) in [6, 6.07) is -0.140. The van der Waals surface area contributed by atoms with Crippen molar-refractivity contribution >= 4 is 5.97 Å². The summed E-state index contributed by atoms with van der Waals surface area (Å²) in [7, 11) is 0. The van der Waals surface area contributed by atoms with Gasteiger partial charge in [-0.15, -0.1) is 0 Å². The molecule has 1 saturated heterocycles. The first-order chi connectivity index (χ1) is 7.40. The SMILES string of the molecule is CC(C(=O)OC(C)(C)C)N1CCCNCC1. The van der Waals surface area contributed by atoms with E-state index in [1.54, 1.807) is 0 Å². The van der Waals surface area contributed by atoms with Crippen molar-refractivity contribution < 1.29 is 9.53 Å². The van der Waals surface area contributed by atoms with Crippen molar-refractivity contribution in [2.24, 2.45) is 0 Å². The fourth-order valence-corrected chi connectivity index (χ4v) is 1.79. The average Bonchev–Trinajstić information content (AvgIpc) is 2.41. The lowest BCUT2D eigenvalue weighted by Gasteiger charge is -2.29. The van der Waals surface area contributed by atoms with Gasteiger partial charge >= 0.3 is 5.97 Å². The highest BCUT2D eigenvalue weighted by molar-refractivity contribution is 5.75. The molecule has 1 N–H and O–H groups in total. The Morgan fingerprint density at radius 2 is 2.00 bits per heavy atom. The average molecular weight is 228 g/mol. The van der Waals surface area contributed by atoms with E-state index in [2.05, 4.69) is 10.2 Å². The molecule has 16 heavy (non-hydrogen) atoms. The van der Waals surface area contributed by atoms with Gasteiger partial charge in [0, 0.05) is 19.6 Å². The van der Waals surface area contributed by atoms with E-state index in [0.29, 0.717) is 0 Å². The van der Waals surface area contributed by atoms with Crippen LogP contribution >= 0.6 is 0 Å².